The molecule has 0 aliphatic carbocycles. The summed E-state index contributed by atoms with van der Waals surface area (Å²) in [4.78, 5) is 0. The Morgan fingerprint density at radius 1 is 1.31 bits per heavy atom. The third kappa shape index (κ3) is 1.43. The van der Waals surface area contributed by atoms with Crippen molar-refractivity contribution in [1.29, 1.82) is 0 Å². The van der Waals surface area contributed by atoms with Crippen molar-refractivity contribution in [2.75, 3.05) is 0 Å². The molecule has 2 aromatic carbocycles. The molecule has 1 radical (unpaired) electrons. The average molecular weight is 170 g/mol. The molecule has 0 spiro atoms. The maximum absolute atomic E-state index is 5.87. The predicted molar refractivity (Wildman–Crippen MR) is 55.4 cm³/mol. The maximum atomic E-state index is 5.87. The topological polar surface area (TPSA) is 26.0 Å². The van der Waals surface area contributed by atoms with E-state index in [-0.39, 0.29) is 6.04 Å². The van der Waals surface area contributed by atoms with Crippen LogP contribution < -0.4 is 5.73 Å². The van der Waals surface area contributed by atoms with Crippen molar-refractivity contribution in [2.24, 2.45) is 5.73 Å². The smallest absolute Gasteiger partial charge is 0.0272 e. The Morgan fingerprint density at radius 3 is 2.92 bits per heavy atom. The van der Waals surface area contributed by atoms with Crippen molar-refractivity contribution < 1.29 is 0 Å². The van der Waals surface area contributed by atoms with Crippen molar-refractivity contribution in [1.82, 2.24) is 0 Å². The van der Waals surface area contributed by atoms with Crippen molar-refractivity contribution in [3.05, 3.63) is 48.0 Å². The van der Waals surface area contributed by atoms with Gasteiger partial charge >= 0.3 is 0 Å². The van der Waals surface area contributed by atoms with Gasteiger partial charge in [0.2, 0.25) is 0 Å². The lowest BCUT2D eigenvalue weighted by molar-refractivity contribution is 0.827. The van der Waals surface area contributed by atoms with Gasteiger partial charge in [-0.2, -0.15) is 0 Å². The molecule has 1 nitrogen and oxygen atoms in total. The summed E-state index contributed by atoms with van der Waals surface area (Å²) in [7, 11) is 0. The molecule has 1 heteroatoms. The Bertz CT molecular complexity index is 413. The summed E-state index contributed by atoms with van der Waals surface area (Å²) < 4.78 is 0. The molecule has 0 aliphatic heterocycles. The third-order valence-electron chi connectivity index (χ3n) is 2.25. The molecular formula is C12H12N. The van der Waals surface area contributed by atoms with Gasteiger partial charge in [0.05, 0.1) is 0 Å². The van der Waals surface area contributed by atoms with Crippen LogP contribution in [-0.2, 0) is 0 Å². The first-order chi connectivity index (χ1) is 6.29. The lowest BCUT2D eigenvalue weighted by Crippen LogP contribution is -2.05. The molecule has 0 fully saturated rings. The van der Waals surface area contributed by atoms with Gasteiger partial charge in [-0.15, -0.1) is 0 Å². The number of hydrogen-bond donors (Lipinski definition) is 1. The number of fused-ring (bicyclic) bond motifs is 1. The van der Waals surface area contributed by atoms with Gasteiger partial charge in [-0.3, -0.25) is 0 Å². The molecule has 1 unspecified atom stereocenters. The Labute approximate surface area is 78.2 Å². The van der Waals surface area contributed by atoms with Crippen molar-refractivity contribution in [3.8, 4) is 0 Å². The lowest BCUT2D eigenvalue weighted by Gasteiger charge is -2.08. The largest absolute Gasteiger partial charge is 0.324 e. The molecule has 2 aromatic rings. The molecule has 0 heterocycles. The Hall–Kier alpha value is -1.34. The molecular weight excluding hydrogens is 158 g/mol. The first-order valence-electron chi connectivity index (χ1n) is 4.43. The highest BCUT2D eigenvalue weighted by atomic mass is 14.6. The van der Waals surface area contributed by atoms with Gasteiger partial charge in [0.15, 0.2) is 0 Å². The van der Waals surface area contributed by atoms with E-state index in [1.165, 1.54) is 16.3 Å². The molecule has 2 N–H and O–H groups in total. The lowest BCUT2D eigenvalue weighted by atomic mass is 10.0. The van der Waals surface area contributed by atoms with Crippen molar-refractivity contribution in [3.63, 3.8) is 0 Å². The summed E-state index contributed by atoms with van der Waals surface area (Å²) in [5, 5.41) is 2.44. The number of rotatable bonds is 1. The second kappa shape index (κ2) is 3.19. The van der Waals surface area contributed by atoms with E-state index in [1.54, 1.807) is 0 Å². The van der Waals surface area contributed by atoms with Crippen LogP contribution in [0.15, 0.2) is 36.4 Å². The zero-order valence-corrected chi connectivity index (χ0v) is 7.62. The van der Waals surface area contributed by atoms with Crippen LogP contribution in [0.2, 0.25) is 0 Å². The maximum Gasteiger partial charge on any atom is 0.0272 e. The molecule has 0 saturated heterocycles. The van der Waals surface area contributed by atoms with Crippen LogP contribution in [0.3, 0.4) is 0 Å². The Kier molecular flexibility index (Phi) is 2.03. The van der Waals surface area contributed by atoms with Gasteiger partial charge in [0, 0.05) is 6.04 Å². The SMILES string of the molecule is CC(N)c1cccc2cc[c]cc12. The zero-order chi connectivity index (χ0) is 9.26. The normalized spacial score (nSPS) is 13.1. The summed E-state index contributed by atoms with van der Waals surface area (Å²) in [6.45, 7) is 2.00. The van der Waals surface area contributed by atoms with Gasteiger partial charge in [0.25, 0.3) is 0 Å². The van der Waals surface area contributed by atoms with Crippen molar-refractivity contribution >= 4 is 10.8 Å². The van der Waals surface area contributed by atoms with Gasteiger partial charge in [-0.1, -0.05) is 30.3 Å². The summed E-state index contributed by atoms with van der Waals surface area (Å²) in [5.74, 6) is 0. The van der Waals surface area contributed by atoms with Gasteiger partial charge in [0.1, 0.15) is 0 Å². The van der Waals surface area contributed by atoms with Crippen LogP contribution in [0.5, 0.6) is 0 Å². The summed E-state index contributed by atoms with van der Waals surface area (Å²) >= 11 is 0. The number of hydrogen-bond acceptors (Lipinski definition) is 1. The van der Waals surface area contributed by atoms with E-state index in [4.69, 9.17) is 5.73 Å². The molecule has 0 bridgehead atoms. The van der Waals surface area contributed by atoms with Gasteiger partial charge < -0.3 is 5.73 Å². The molecule has 2 rings (SSSR count). The molecule has 0 amide bonds. The zero-order valence-electron chi connectivity index (χ0n) is 7.62. The predicted octanol–water partition coefficient (Wildman–Crippen LogP) is 2.66. The van der Waals surface area contributed by atoms with Gasteiger partial charge in [-0.25, -0.2) is 0 Å². The minimum atomic E-state index is 0.0829. The molecule has 65 valence electrons. The standard InChI is InChI=1S/C12H12N/c1-9(13)11-8-4-6-10-5-2-3-7-12(10)11/h2,4-9H,13H2,1H3. The second-order valence-corrected chi connectivity index (χ2v) is 3.28. The number of nitrogens with two attached hydrogens (primary N) is 1. The van der Waals surface area contributed by atoms with Crippen LogP contribution in [0.1, 0.15) is 18.5 Å². The van der Waals surface area contributed by atoms with Crippen LogP contribution >= 0.6 is 0 Å². The van der Waals surface area contributed by atoms with Crippen LogP contribution in [0.4, 0.5) is 0 Å². The van der Waals surface area contributed by atoms with Crippen LogP contribution in [-0.4, -0.2) is 0 Å². The minimum Gasteiger partial charge on any atom is -0.324 e. The van der Waals surface area contributed by atoms with Crippen LogP contribution in [0.25, 0.3) is 10.8 Å². The van der Waals surface area contributed by atoms with Gasteiger partial charge in [-0.05, 0) is 35.4 Å². The van der Waals surface area contributed by atoms with E-state index in [0.29, 0.717) is 0 Å². The fourth-order valence-corrected chi connectivity index (χ4v) is 1.58. The van der Waals surface area contributed by atoms with E-state index in [1.807, 2.05) is 25.1 Å². The second-order valence-electron chi connectivity index (χ2n) is 3.28. The molecule has 0 saturated carbocycles. The summed E-state index contributed by atoms with van der Waals surface area (Å²) in [6, 6.07) is 15.3. The van der Waals surface area contributed by atoms with E-state index in [0.717, 1.165) is 0 Å². The fourth-order valence-electron chi connectivity index (χ4n) is 1.58. The van der Waals surface area contributed by atoms with Crippen molar-refractivity contribution in [2.45, 2.75) is 13.0 Å². The monoisotopic (exact) mass is 170 g/mol. The molecule has 13 heavy (non-hydrogen) atoms. The van der Waals surface area contributed by atoms with E-state index >= 15 is 0 Å². The molecule has 0 aromatic heterocycles. The Morgan fingerprint density at radius 2 is 2.15 bits per heavy atom. The first-order valence-corrected chi connectivity index (χ1v) is 4.43. The van der Waals surface area contributed by atoms with E-state index in [2.05, 4.69) is 24.3 Å². The quantitative estimate of drug-likeness (QED) is 0.699. The van der Waals surface area contributed by atoms with Crippen LogP contribution in [0, 0.1) is 6.07 Å². The Balaban J connectivity index is 2.76. The highest BCUT2D eigenvalue weighted by Crippen LogP contribution is 2.22. The molecule has 0 aliphatic rings. The first kappa shape index (κ1) is 8.27. The van der Waals surface area contributed by atoms with E-state index in [9.17, 15) is 0 Å². The average Bonchev–Trinajstić information content (AvgIpc) is 2.17. The summed E-state index contributed by atoms with van der Waals surface area (Å²) in [5.41, 5.74) is 7.06. The third-order valence-corrected chi connectivity index (χ3v) is 2.25. The highest BCUT2D eigenvalue weighted by Gasteiger charge is 2.03. The number of benzene rings is 2. The highest BCUT2D eigenvalue weighted by molar-refractivity contribution is 5.85. The van der Waals surface area contributed by atoms with E-state index < -0.39 is 0 Å². The summed E-state index contributed by atoms with van der Waals surface area (Å²) in [6.07, 6.45) is 0. The fraction of sp³-hybridized carbons (Fsp3) is 0.167. The molecule has 1 atom stereocenters. The minimum absolute atomic E-state index is 0.0829.